The fourth-order valence-corrected chi connectivity index (χ4v) is 3.30. The molecule has 2 aromatic carbocycles. The van der Waals surface area contributed by atoms with E-state index in [0.717, 1.165) is 24.0 Å². The monoisotopic (exact) mass is 333 g/mol. The molecule has 0 amide bonds. The molecule has 3 nitrogen and oxygen atoms in total. The Morgan fingerprint density at radius 1 is 1.35 bits per heavy atom. The van der Waals surface area contributed by atoms with Crippen LogP contribution in [0.3, 0.4) is 0 Å². The van der Waals surface area contributed by atoms with Crippen LogP contribution in [0.25, 0.3) is 0 Å². The molecule has 0 unspecified atom stereocenters. The highest BCUT2D eigenvalue weighted by atomic mass is 35.5. The number of carbonyl (C=O) groups is 1. The van der Waals surface area contributed by atoms with Gasteiger partial charge in [0.2, 0.25) is 0 Å². The summed E-state index contributed by atoms with van der Waals surface area (Å²) in [7, 11) is 1.34. The number of carbonyl (C=O) groups excluding carboxylic acids is 1. The molecule has 1 N–H and O–H groups in total. The maximum Gasteiger partial charge on any atom is 0.327 e. The predicted molar refractivity (Wildman–Crippen MR) is 86.8 cm³/mol. The number of halogens is 2. The largest absolute Gasteiger partial charge is 0.468 e. The molecule has 0 saturated carbocycles. The van der Waals surface area contributed by atoms with Gasteiger partial charge in [-0.3, -0.25) is 5.32 Å². The molecular formula is C18H17ClFNO2. The molecule has 23 heavy (non-hydrogen) atoms. The minimum atomic E-state index is -0.687. The second kappa shape index (κ2) is 6.69. The molecule has 0 saturated heterocycles. The van der Waals surface area contributed by atoms with Crippen molar-refractivity contribution in [2.45, 2.75) is 24.9 Å². The van der Waals surface area contributed by atoms with E-state index < -0.39 is 12.0 Å². The highest BCUT2D eigenvalue weighted by molar-refractivity contribution is 6.31. The van der Waals surface area contributed by atoms with Crippen LogP contribution >= 0.6 is 11.6 Å². The number of benzene rings is 2. The van der Waals surface area contributed by atoms with Crippen LogP contribution in [0.4, 0.5) is 4.39 Å². The van der Waals surface area contributed by atoms with Crippen molar-refractivity contribution in [2.75, 3.05) is 7.11 Å². The first kappa shape index (κ1) is 16.0. The Labute approximate surface area is 139 Å². The van der Waals surface area contributed by atoms with Crippen molar-refractivity contribution in [1.29, 1.82) is 0 Å². The van der Waals surface area contributed by atoms with E-state index in [1.54, 1.807) is 24.3 Å². The Morgan fingerprint density at radius 3 is 2.87 bits per heavy atom. The van der Waals surface area contributed by atoms with Gasteiger partial charge in [0.1, 0.15) is 11.9 Å². The van der Waals surface area contributed by atoms with Crippen molar-refractivity contribution in [3.05, 3.63) is 70.0 Å². The van der Waals surface area contributed by atoms with E-state index >= 15 is 0 Å². The van der Waals surface area contributed by atoms with Gasteiger partial charge in [0.05, 0.1) is 7.11 Å². The normalized spacial score (nSPS) is 17.6. The zero-order chi connectivity index (χ0) is 16.4. The number of hydrogen-bond acceptors (Lipinski definition) is 3. The lowest BCUT2D eigenvalue weighted by molar-refractivity contribution is -0.143. The second-order valence-corrected chi connectivity index (χ2v) is 5.99. The Balaban J connectivity index is 1.91. The first-order valence-electron chi connectivity index (χ1n) is 7.47. The van der Waals surface area contributed by atoms with Crippen molar-refractivity contribution in [3.63, 3.8) is 0 Å². The summed E-state index contributed by atoms with van der Waals surface area (Å²) in [6, 6.07) is 11.1. The number of ether oxygens (including phenoxy) is 1. The smallest absolute Gasteiger partial charge is 0.327 e. The molecule has 0 aliphatic heterocycles. The Kier molecular flexibility index (Phi) is 4.64. The van der Waals surface area contributed by atoms with E-state index in [-0.39, 0.29) is 11.9 Å². The quantitative estimate of drug-likeness (QED) is 0.860. The first-order chi connectivity index (χ1) is 11.1. The summed E-state index contributed by atoms with van der Waals surface area (Å²) >= 11 is 6.22. The molecule has 120 valence electrons. The molecule has 0 radical (unpaired) electrons. The molecule has 0 bridgehead atoms. The number of nitrogens with one attached hydrogen (secondary N) is 1. The number of hydrogen-bond donors (Lipinski definition) is 1. The maximum atomic E-state index is 13.5. The topological polar surface area (TPSA) is 38.3 Å². The summed E-state index contributed by atoms with van der Waals surface area (Å²) in [5.74, 6) is -0.687. The van der Waals surface area contributed by atoms with Crippen LogP contribution in [-0.2, 0) is 16.0 Å². The van der Waals surface area contributed by atoms with E-state index in [0.29, 0.717) is 10.6 Å². The molecule has 3 rings (SSSR count). The van der Waals surface area contributed by atoms with Gasteiger partial charge in [-0.05, 0) is 47.7 Å². The number of methoxy groups -OCH3 is 1. The van der Waals surface area contributed by atoms with Gasteiger partial charge in [-0.25, -0.2) is 9.18 Å². The Hall–Kier alpha value is -1.91. The third-order valence-corrected chi connectivity index (χ3v) is 4.55. The predicted octanol–water partition coefficient (Wildman–Crippen LogP) is 3.97. The van der Waals surface area contributed by atoms with Gasteiger partial charge in [0.15, 0.2) is 0 Å². The molecule has 0 heterocycles. The standard InChI is InChI=1S/C18H17ClFNO2/c1-23-18(22)17(13-4-2-3-5-15(13)19)21-16-9-7-11-6-8-12(20)10-14(11)16/h2-6,8,10,16-17,21H,7,9H2,1H3/t16-,17+/m1/s1. The minimum Gasteiger partial charge on any atom is -0.468 e. The zero-order valence-corrected chi connectivity index (χ0v) is 13.4. The second-order valence-electron chi connectivity index (χ2n) is 5.58. The molecule has 0 fully saturated rings. The van der Waals surface area contributed by atoms with Crippen LogP contribution < -0.4 is 5.32 Å². The lowest BCUT2D eigenvalue weighted by atomic mass is 10.0. The van der Waals surface area contributed by atoms with Gasteiger partial charge in [-0.2, -0.15) is 0 Å². The minimum absolute atomic E-state index is 0.110. The van der Waals surface area contributed by atoms with Crippen LogP contribution in [0.2, 0.25) is 5.02 Å². The molecule has 0 aromatic heterocycles. The van der Waals surface area contributed by atoms with Crippen LogP contribution in [0.15, 0.2) is 42.5 Å². The number of esters is 1. The molecule has 1 aliphatic carbocycles. The highest BCUT2D eigenvalue weighted by Gasteiger charge is 2.30. The van der Waals surface area contributed by atoms with Gasteiger partial charge in [0, 0.05) is 11.1 Å². The third-order valence-electron chi connectivity index (χ3n) is 4.21. The van der Waals surface area contributed by atoms with Gasteiger partial charge >= 0.3 is 5.97 Å². The summed E-state index contributed by atoms with van der Waals surface area (Å²) < 4.78 is 18.5. The van der Waals surface area contributed by atoms with Gasteiger partial charge in [-0.15, -0.1) is 0 Å². The van der Waals surface area contributed by atoms with Crippen LogP contribution in [0.1, 0.15) is 35.2 Å². The summed E-state index contributed by atoms with van der Waals surface area (Å²) in [5.41, 5.74) is 2.66. The molecule has 1 aliphatic rings. The summed E-state index contributed by atoms with van der Waals surface area (Å²) in [6.45, 7) is 0. The van der Waals surface area contributed by atoms with Crippen molar-refractivity contribution >= 4 is 17.6 Å². The highest BCUT2D eigenvalue weighted by Crippen LogP contribution is 2.35. The average molecular weight is 334 g/mol. The number of aryl methyl sites for hydroxylation is 1. The molecule has 2 aromatic rings. The van der Waals surface area contributed by atoms with Gasteiger partial charge in [-0.1, -0.05) is 35.9 Å². The van der Waals surface area contributed by atoms with Crippen LogP contribution in [0.5, 0.6) is 0 Å². The summed E-state index contributed by atoms with van der Waals surface area (Å²) in [4.78, 5) is 12.2. The van der Waals surface area contributed by atoms with E-state index in [1.165, 1.54) is 19.2 Å². The lowest BCUT2D eigenvalue weighted by Crippen LogP contribution is -2.32. The Morgan fingerprint density at radius 2 is 2.13 bits per heavy atom. The van der Waals surface area contributed by atoms with Gasteiger partial charge in [0.25, 0.3) is 0 Å². The average Bonchev–Trinajstić information content (AvgIpc) is 2.95. The maximum absolute atomic E-state index is 13.5. The third kappa shape index (κ3) is 3.23. The fraction of sp³-hybridized carbons (Fsp3) is 0.278. The van der Waals surface area contributed by atoms with Crippen LogP contribution in [0, 0.1) is 5.82 Å². The zero-order valence-electron chi connectivity index (χ0n) is 12.7. The van der Waals surface area contributed by atoms with E-state index in [1.807, 2.05) is 6.07 Å². The molecule has 0 spiro atoms. The SMILES string of the molecule is COC(=O)[C@@H](N[C@@H]1CCc2ccc(F)cc21)c1ccccc1Cl. The van der Waals surface area contributed by atoms with Crippen molar-refractivity contribution in [1.82, 2.24) is 5.32 Å². The van der Waals surface area contributed by atoms with Crippen LogP contribution in [-0.4, -0.2) is 13.1 Å². The van der Waals surface area contributed by atoms with Crippen molar-refractivity contribution in [2.24, 2.45) is 0 Å². The van der Waals surface area contributed by atoms with Crippen molar-refractivity contribution < 1.29 is 13.9 Å². The lowest BCUT2D eigenvalue weighted by Gasteiger charge is -2.23. The Bertz CT molecular complexity index is 735. The number of rotatable bonds is 4. The van der Waals surface area contributed by atoms with Gasteiger partial charge < -0.3 is 4.74 Å². The first-order valence-corrected chi connectivity index (χ1v) is 7.84. The fourth-order valence-electron chi connectivity index (χ4n) is 3.06. The van der Waals surface area contributed by atoms with E-state index in [4.69, 9.17) is 16.3 Å². The molecule has 5 heteroatoms. The van der Waals surface area contributed by atoms with Crippen molar-refractivity contribution in [3.8, 4) is 0 Å². The summed E-state index contributed by atoms with van der Waals surface area (Å²) in [6.07, 6.45) is 1.65. The number of fused-ring (bicyclic) bond motifs is 1. The summed E-state index contributed by atoms with van der Waals surface area (Å²) in [5, 5.41) is 3.77. The van der Waals surface area contributed by atoms with E-state index in [2.05, 4.69) is 5.32 Å². The molecule has 2 atom stereocenters. The molecular weight excluding hydrogens is 317 g/mol. The van der Waals surface area contributed by atoms with E-state index in [9.17, 15) is 9.18 Å².